The summed E-state index contributed by atoms with van der Waals surface area (Å²) in [7, 11) is 0. The largest absolute Gasteiger partial charge is 0.325 e. The zero-order chi connectivity index (χ0) is 28.5. The van der Waals surface area contributed by atoms with Gasteiger partial charge in [-0.3, -0.25) is 14.4 Å². The molecular weight excluding hydrogens is 537 g/mol. The standard InChI is InChI=1S/C33H26FN3O3S/c1-21-7-16-27-29(17-21)41-32(35-27)24-10-14-26(15-11-24)37-31(39)19-28(33(37)40)36(20-23-8-12-25(34)13-9-23)30(38)18-22-5-3-2-4-6-22/h2-17,28H,18-20H2,1H3. The number of benzene rings is 4. The topological polar surface area (TPSA) is 70.6 Å². The number of fused-ring (bicyclic) bond motifs is 1. The Labute approximate surface area is 240 Å². The second-order valence-electron chi connectivity index (χ2n) is 10.1. The summed E-state index contributed by atoms with van der Waals surface area (Å²) in [6.45, 7) is 2.13. The average Bonchev–Trinajstić information content (AvgIpc) is 3.52. The smallest absolute Gasteiger partial charge is 0.257 e. The number of carbonyl (C=O) groups is 3. The van der Waals surface area contributed by atoms with Crippen LogP contribution < -0.4 is 4.90 Å². The molecule has 1 atom stereocenters. The quantitative estimate of drug-likeness (QED) is 0.218. The zero-order valence-corrected chi connectivity index (χ0v) is 23.1. The Bertz CT molecular complexity index is 1750. The van der Waals surface area contributed by atoms with Gasteiger partial charge >= 0.3 is 0 Å². The molecule has 3 amide bonds. The lowest BCUT2D eigenvalue weighted by atomic mass is 10.1. The molecule has 0 bridgehead atoms. The SMILES string of the molecule is Cc1ccc2nc(-c3ccc(N4C(=O)CC(N(Cc5ccc(F)cc5)C(=O)Cc5ccccc5)C4=O)cc3)sc2c1. The van der Waals surface area contributed by atoms with Gasteiger partial charge in [0, 0.05) is 12.1 Å². The molecule has 0 saturated carbocycles. The van der Waals surface area contributed by atoms with E-state index in [1.807, 2.05) is 61.5 Å². The van der Waals surface area contributed by atoms with E-state index in [1.54, 1.807) is 35.6 Å². The number of amides is 3. The van der Waals surface area contributed by atoms with Crippen LogP contribution in [0.5, 0.6) is 0 Å². The third-order valence-electron chi connectivity index (χ3n) is 7.20. The first-order valence-electron chi connectivity index (χ1n) is 13.3. The lowest BCUT2D eigenvalue weighted by Gasteiger charge is -2.28. The molecule has 1 aliphatic heterocycles. The minimum absolute atomic E-state index is 0.0798. The summed E-state index contributed by atoms with van der Waals surface area (Å²) in [5, 5.41) is 0.853. The number of hydrogen-bond donors (Lipinski definition) is 0. The molecule has 0 aliphatic carbocycles. The Kier molecular flexibility index (Phi) is 7.15. The Hall–Kier alpha value is -4.69. The highest BCUT2D eigenvalue weighted by Gasteiger charge is 2.44. The molecule has 1 aromatic heterocycles. The summed E-state index contributed by atoms with van der Waals surface area (Å²) in [6.07, 6.45) is -0.0457. The highest BCUT2D eigenvalue weighted by atomic mass is 32.1. The fourth-order valence-electron chi connectivity index (χ4n) is 5.07. The molecule has 1 aliphatic rings. The minimum Gasteiger partial charge on any atom is -0.325 e. The summed E-state index contributed by atoms with van der Waals surface area (Å²) in [6, 6.07) is 27.4. The number of aromatic nitrogens is 1. The van der Waals surface area contributed by atoms with Gasteiger partial charge < -0.3 is 4.90 Å². The maximum atomic E-state index is 13.7. The molecule has 0 radical (unpaired) electrons. The maximum Gasteiger partial charge on any atom is 0.257 e. The molecule has 6 rings (SSSR count). The zero-order valence-electron chi connectivity index (χ0n) is 22.3. The molecule has 2 heterocycles. The second-order valence-corrected chi connectivity index (χ2v) is 11.2. The van der Waals surface area contributed by atoms with Crippen LogP contribution in [0.3, 0.4) is 0 Å². The van der Waals surface area contributed by atoms with Crippen LogP contribution in [0.1, 0.15) is 23.1 Å². The van der Waals surface area contributed by atoms with Crippen molar-refractivity contribution in [3.8, 4) is 10.6 Å². The van der Waals surface area contributed by atoms with Crippen LogP contribution in [0.2, 0.25) is 0 Å². The highest BCUT2D eigenvalue weighted by Crippen LogP contribution is 2.33. The summed E-state index contributed by atoms with van der Waals surface area (Å²) in [4.78, 5) is 47.7. The number of thiazole rings is 1. The van der Waals surface area contributed by atoms with E-state index in [0.717, 1.165) is 31.3 Å². The van der Waals surface area contributed by atoms with Gasteiger partial charge in [0.2, 0.25) is 11.8 Å². The molecule has 1 unspecified atom stereocenters. The van der Waals surface area contributed by atoms with Crippen molar-refractivity contribution < 1.29 is 18.8 Å². The second kappa shape index (κ2) is 11.1. The van der Waals surface area contributed by atoms with Crippen molar-refractivity contribution >= 4 is 45.0 Å². The lowest BCUT2D eigenvalue weighted by Crippen LogP contribution is -2.45. The molecule has 1 saturated heterocycles. The average molecular weight is 564 g/mol. The number of imide groups is 1. The molecule has 41 heavy (non-hydrogen) atoms. The number of anilines is 1. The van der Waals surface area contributed by atoms with Crippen LogP contribution >= 0.6 is 11.3 Å². The van der Waals surface area contributed by atoms with Gasteiger partial charge in [0.15, 0.2) is 0 Å². The van der Waals surface area contributed by atoms with Crippen molar-refractivity contribution in [1.29, 1.82) is 0 Å². The van der Waals surface area contributed by atoms with Crippen LogP contribution in [0.4, 0.5) is 10.1 Å². The number of halogens is 1. The molecule has 0 spiro atoms. The first-order valence-corrected chi connectivity index (χ1v) is 14.1. The Morgan fingerprint density at radius 1 is 0.951 bits per heavy atom. The molecule has 204 valence electrons. The minimum atomic E-state index is -0.962. The maximum absolute atomic E-state index is 13.7. The van der Waals surface area contributed by atoms with Crippen molar-refractivity contribution in [3.05, 3.63) is 120 Å². The molecule has 4 aromatic carbocycles. The van der Waals surface area contributed by atoms with Gasteiger partial charge in [-0.1, -0.05) is 48.5 Å². The van der Waals surface area contributed by atoms with Crippen molar-refractivity contribution in [3.63, 3.8) is 0 Å². The van der Waals surface area contributed by atoms with Gasteiger partial charge in [-0.2, -0.15) is 0 Å². The summed E-state index contributed by atoms with van der Waals surface area (Å²) < 4.78 is 14.6. The van der Waals surface area contributed by atoms with Gasteiger partial charge in [-0.25, -0.2) is 14.3 Å². The predicted molar refractivity (Wildman–Crippen MR) is 158 cm³/mol. The van der Waals surface area contributed by atoms with E-state index >= 15 is 0 Å². The third-order valence-corrected chi connectivity index (χ3v) is 8.27. The van der Waals surface area contributed by atoms with E-state index in [-0.39, 0.29) is 31.2 Å². The van der Waals surface area contributed by atoms with Gasteiger partial charge in [0.1, 0.15) is 16.9 Å². The van der Waals surface area contributed by atoms with Gasteiger partial charge in [0.25, 0.3) is 5.91 Å². The molecule has 8 heteroatoms. The van der Waals surface area contributed by atoms with Crippen LogP contribution in [0.25, 0.3) is 20.8 Å². The van der Waals surface area contributed by atoms with Crippen LogP contribution in [0.15, 0.2) is 97.1 Å². The number of rotatable bonds is 7. The molecule has 6 nitrogen and oxygen atoms in total. The van der Waals surface area contributed by atoms with E-state index in [4.69, 9.17) is 4.98 Å². The van der Waals surface area contributed by atoms with Crippen LogP contribution in [-0.4, -0.2) is 33.6 Å². The van der Waals surface area contributed by atoms with Crippen molar-refractivity contribution in [2.75, 3.05) is 4.90 Å². The van der Waals surface area contributed by atoms with Crippen molar-refractivity contribution in [1.82, 2.24) is 9.88 Å². The van der Waals surface area contributed by atoms with E-state index in [1.165, 1.54) is 22.6 Å². The molecular formula is C33H26FN3O3S. The number of aryl methyl sites for hydroxylation is 1. The van der Waals surface area contributed by atoms with E-state index in [2.05, 4.69) is 6.07 Å². The predicted octanol–water partition coefficient (Wildman–Crippen LogP) is 6.31. The Balaban J connectivity index is 1.26. The monoisotopic (exact) mass is 563 g/mol. The Morgan fingerprint density at radius 2 is 1.68 bits per heavy atom. The summed E-state index contributed by atoms with van der Waals surface area (Å²) in [5.41, 5.74) is 4.89. The first kappa shape index (κ1) is 26.5. The summed E-state index contributed by atoms with van der Waals surface area (Å²) >= 11 is 1.59. The van der Waals surface area contributed by atoms with Gasteiger partial charge in [-0.05, 0) is 72.1 Å². The van der Waals surface area contributed by atoms with E-state index in [0.29, 0.717) is 11.3 Å². The normalized spacial score (nSPS) is 15.1. The molecule has 5 aromatic rings. The van der Waals surface area contributed by atoms with Gasteiger partial charge in [0.05, 0.1) is 28.7 Å². The fraction of sp³-hybridized carbons (Fsp3) is 0.152. The number of nitrogens with zero attached hydrogens (tertiary/aromatic N) is 3. The highest BCUT2D eigenvalue weighted by molar-refractivity contribution is 7.21. The van der Waals surface area contributed by atoms with E-state index in [9.17, 15) is 18.8 Å². The number of hydrogen-bond acceptors (Lipinski definition) is 5. The van der Waals surface area contributed by atoms with Crippen molar-refractivity contribution in [2.24, 2.45) is 0 Å². The molecule has 1 fully saturated rings. The lowest BCUT2D eigenvalue weighted by molar-refractivity contribution is -0.138. The fourth-order valence-corrected chi connectivity index (χ4v) is 6.14. The number of carbonyl (C=O) groups excluding carboxylic acids is 3. The van der Waals surface area contributed by atoms with E-state index < -0.39 is 17.8 Å². The van der Waals surface area contributed by atoms with Crippen LogP contribution in [-0.2, 0) is 27.3 Å². The van der Waals surface area contributed by atoms with Gasteiger partial charge in [-0.15, -0.1) is 11.3 Å². The summed E-state index contributed by atoms with van der Waals surface area (Å²) in [5.74, 6) is -1.50. The first-order chi connectivity index (χ1) is 19.9. The Morgan fingerprint density at radius 3 is 2.41 bits per heavy atom. The van der Waals surface area contributed by atoms with Crippen LogP contribution in [0, 0.1) is 12.7 Å². The third kappa shape index (κ3) is 5.51. The van der Waals surface area contributed by atoms with Crippen molar-refractivity contribution in [2.45, 2.75) is 32.4 Å². The molecule has 0 N–H and O–H groups in total.